The van der Waals surface area contributed by atoms with Crippen molar-refractivity contribution in [2.75, 3.05) is 12.8 Å². The van der Waals surface area contributed by atoms with Gasteiger partial charge in [-0.1, -0.05) is 24.3 Å². The Morgan fingerprint density at radius 3 is 2.57 bits per heavy atom. The highest BCUT2D eigenvalue weighted by Gasteiger charge is 2.29. The average molecular weight is 283 g/mol. The third kappa shape index (κ3) is 3.34. The zero-order valence-electron chi connectivity index (χ0n) is 12.3. The van der Waals surface area contributed by atoms with E-state index in [1.54, 1.807) is 13.3 Å². The van der Waals surface area contributed by atoms with Crippen molar-refractivity contribution in [2.24, 2.45) is 0 Å². The monoisotopic (exact) mass is 283 g/mol. The molecule has 2 N–H and O–H groups in total. The predicted molar refractivity (Wildman–Crippen MR) is 83.9 cm³/mol. The number of aromatic nitrogens is 1. The first-order valence-electron chi connectivity index (χ1n) is 7.33. The van der Waals surface area contributed by atoms with Crippen LogP contribution in [0.2, 0.25) is 0 Å². The molecule has 3 rings (SSSR count). The molecule has 0 bridgehead atoms. The zero-order chi connectivity index (χ0) is 14.7. The lowest BCUT2D eigenvalue weighted by Gasteiger charge is -2.23. The molecule has 1 aromatic heterocycles. The molecule has 1 heterocycles. The van der Waals surface area contributed by atoms with E-state index >= 15 is 0 Å². The van der Waals surface area contributed by atoms with E-state index in [0.29, 0.717) is 11.9 Å². The molecule has 1 saturated carbocycles. The second-order valence-electron chi connectivity index (χ2n) is 5.51. The van der Waals surface area contributed by atoms with Gasteiger partial charge in [-0.25, -0.2) is 4.98 Å². The van der Waals surface area contributed by atoms with Crippen LogP contribution in [-0.2, 0) is 13.1 Å². The molecule has 4 nitrogen and oxygen atoms in total. The first-order valence-corrected chi connectivity index (χ1v) is 7.33. The van der Waals surface area contributed by atoms with Crippen LogP contribution in [0.3, 0.4) is 0 Å². The number of hydrogen-bond donors (Lipinski definition) is 1. The second-order valence-corrected chi connectivity index (χ2v) is 5.51. The molecule has 0 amide bonds. The number of nitrogens with zero attached hydrogens (tertiary/aromatic N) is 2. The van der Waals surface area contributed by atoms with E-state index < -0.39 is 0 Å². The number of ether oxygens (including phenoxy) is 1. The van der Waals surface area contributed by atoms with Crippen molar-refractivity contribution in [1.29, 1.82) is 0 Å². The second kappa shape index (κ2) is 6.14. The number of nitrogens with two attached hydrogens (primary N) is 1. The van der Waals surface area contributed by atoms with Crippen LogP contribution in [0.15, 0.2) is 42.6 Å². The molecule has 0 unspecified atom stereocenters. The van der Waals surface area contributed by atoms with Gasteiger partial charge in [-0.15, -0.1) is 0 Å². The molecule has 0 atom stereocenters. The number of rotatable bonds is 6. The highest BCUT2D eigenvalue weighted by Crippen LogP contribution is 2.31. The van der Waals surface area contributed by atoms with Crippen LogP contribution in [0.1, 0.15) is 24.0 Å². The van der Waals surface area contributed by atoms with Crippen LogP contribution in [0.5, 0.6) is 5.88 Å². The lowest BCUT2D eigenvalue weighted by atomic mass is 10.1. The molecule has 0 saturated heterocycles. The lowest BCUT2D eigenvalue weighted by molar-refractivity contribution is 0.241. The van der Waals surface area contributed by atoms with Gasteiger partial charge in [-0.3, -0.25) is 4.90 Å². The van der Waals surface area contributed by atoms with Crippen LogP contribution in [0.25, 0.3) is 0 Å². The maximum atomic E-state index is 6.08. The van der Waals surface area contributed by atoms with E-state index in [1.165, 1.54) is 18.4 Å². The van der Waals surface area contributed by atoms with Gasteiger partial charge in [0.2, 0.25) is 5.88 Å². The standard InChI is InChI=1S/C17H21N3O/c1-21-17-14(6-4-10-19-17)12-20(15-8-9-15)11-13-5-2-3-7-16(13)18/h2-7,10,15H,8-9,11-12,18H2,1H3. The third-order valence-corrected chi connectivity index (χ3v) is 3.91. The van der Waals surface area contributed by atoms with Gasteiger partial charge in [0.15, 0.2) is 0 Å². The number of nitrogen functional groups attached to an aromatic ring is 1. The molecule has 1 aliphatic rings. The Morgan fingerprint density at radius 2 is 1.86 bits per heavy atom. The summed E-state index contributed by atoms with van der Waals surface area (Å²) in [6.45, 7) is 1.71. The minimum Gasteiger partial charge on any atom is -0.481 e. The molecule has 4 heteroatoms. The lowest BCUT2D eigenvalue weighted by Crippen LogP contribution is -2.25. The zero-order valence-corrected chi connectivity index (χ0v) is 12.3. The summed E-state index contributed by atoms with van der Waals surface area (Å²) in [7, 11) is 1.67. The van der Waals surface area contributed by atoms with Crippen LogP contribution in [0.4, 0.5) is 5.69 Å². The Bertz CT molecular complexity index is 610. The number of para-hydroxylation sites is 1. The maximum Gasteiger partial charge on any atom is 0.217 e. The Labute approximate surface area is 125 Å². The largest absolute Gasteiger partial charge is 0.481 e. The highest BCUT2D eigenvalue weighted by molar-refractivity contribution is 5.46. The van der Waals surface area contributed by atoms with Crippen LogP contribution in [0, 0.1) is 0 Å². The highest BCUT2D eigenvalue weighted by atomic mass is 16.5. The first kappa shape index (κ1) is 13.9. The van der Waals surface area contributed by atoms with Crippen molar-refractivity contribution in [3.63, 3.8) is 0 Å². The van der Waals surface area contributed by atoms with Gasteiger partial charge >= 0.3 is 0 Å². The SMILES string of the molecule is COc1ncccc1CN(Cc1ccccc1N)C1CC1. The Morgan fingerprint density at radius 1 is 1.14 bits per heavy atom. The summed E-state index contributed by atoms with van der Waals surface area (Å²) in [6.07, 6.45) is 4.28. The third-order valence-electron chi connectivity index (χ3n) is 3.91. The normalized spacial score (nSPS) is 14.4. The topological polar surface area (TPSA) is 51.4 Å². The quantitative estimate of drug-likeness (QED) is 0.828. The molecular formula is C17H21N3O. The van der Waals surface area contributed by atoms with Gasteiger partial charge in [0.25, 0.3) is 0 Å². The van der Waals surface area contributed by atoms with Crippen molar-refractivity contribution < 1.29 is 4.74 Å². The van der Waals surface area contributed by atoms with Gasteiger partial charge in [-0.2, -0.15) is 0 Å². The summed E-state index contributed by atoms with van der Waals surface area (Å²) in [5, 5.41) is 0. The predicted octanol–water partition coefficient (Wildman–Crippen LogP) is 2.84. The number of pyridine rings is 1. The fraction of sp³-hybridized carbons (Fsp3) is 0.353. The first-order chi connectivity index (χ1) is 10.3. The summed E-state index contributed by atoms with van der Waals surface area (Å²) in [5.74, 6) is 0.712. The minimum absolute atomic E-state index is 0.648. The summed E-state index contributed by atoms with van der Waals surface area (Å²) in [6, 6.07) is 12.8. The van der Waals surface area contributed by atoms with Gasteiger partial charge < -0.3 is 10.5 Å². The Balaban J connectivity index is 1.78. The number of anilines is 1. The van der Waals surface area contributed by atoms with Crippen molar-refractivity contribution >= 4 is 5.69 Å². The van der Waals surface area contributed by atoms with E-state index in [9.17, 15) is 0 Å². The van der Waals surface area contributed by atoms with Crippen LogP contribution >= 0.6 is 0 Å². The van der Waals surface area contributed by atoms with Gasteiger partial charge in [0, 0.05) is 36.6 Å². The van der Waals surface area contributed by atoms with Crippen molar-refractivity contribution in [1.82, 2.24) is 9.88 Å². The molecule has 1 aliphatic carbocycles. The summed E-state index contributed by atoms with van der Waals surface area (Å²) >= 11 is 0. The van der Waals surface area contributed by atoms with E-state index in [1.807, 2.05) is 24.3 Å². The van der Waals surface area contributed by atoms with Gasteiger partial charge in [0.1, 0.15) is 0 Å². The Kier molecular flexibility index (Phi) is 4.06. The molecule has 21 heavy (non-hydrogen) atoms. The molecule has 0 aliphatic heterocycles. The summed E-state index contributed by atoms with van der Waals surface area (Å²) in [4.78, 5) is 6.74. The fourth-order valence-electron chi connectivity index (χ4n) is 2.60. The summed E-state index contributed by atoms with van der Waals surface area (Å²) in [5.41, 5.74) is 9.25. The molecular weight excluding hydrogens is 262 g/mol. The fourth-order valence-corrected chi connectivity index (χ4v) is 2.60. The van der Waals surface area contributed by atoms with E-state index in [4.69, 9.17) is 10.5 Å². The number of benzene rings is 1. The van der Waals surface area contributed by atoms with E-state index in [2.05, 4.69) is 22.0 Å². The average Bonchev–Trinajstić information content (AvgIpc) is 3.34. The van der Waals surface area contributed by atoms with Gasteiger partial charge in [-0.05, 0) is 30.5 Å². The Hall–Kier alpha value is -2.07. The molecule has 0 radical (unpaired) electrons. The molecule has 2 aromatic rings. The van der Waals surface area contributed by atoms with Gasteiger partial charge in [0.05, 0.1) is 7.11 Å². The molecule has 110 valence electrons. The minimum atomic E-state index is 0.648. The van der Waals surface area contributed by atoms with Crippen molar-refractivity contribution in [2.45, 2.75) is 32.0 Å². The molecule has 1 aromatic carbocycles. The molecule has 1 fully saturated rings. The van der Waals surface area contributed by atoms with Crippen molar-refractivity contribution in [3.8, 4) is 5.88 Å². The number of methoxy groups -OCH3 is 1. The smallest absolute Gasteiger partial charge is 0.217 e. The van der Waals surface area contributed by atoms with E-state index in [-0.39, 0.29) is 0 Å². The number of hydrogen-bond acceptors (Lipinski definition) is 4. The maximum absolute atomic E-state index is 6.08. The van der Waals surface area contributed by atoms with E-state index in [0.717, 1.165) is 24.3 Å². The summed E-state index contributed by atoms with van der Waals surface area (Å²) < 4.78 is 5.36. The molecule has 0 spiro atoms. The van der Waals surface area contributed by atoms with Crippen LogP contribution in [-0.4, -0.2) is 23.0 Å². The van der Waals surface area contributed by atoms with Crippen LogP contribution < -0.4 is 10.5 Å². The van der Waals surface area contributed by atoms with Crippen molar-refractivity contribution in [3.05, 3.63) is 53.7 Å².